The van der Waals surface area contributed by atoms with Gasteiger partial charge in [-0.2, -0.15) is 0 Å². The molecule has 4 rings (SSSR count). The Morgan fingerprint density at radius 1 is 1.27 bits per heavy atom. The molecule has 0 aromatic heterocycles. The van der Waals surface area contributed by atoms with Gasteiger partial charge in [-0.15, -0.1) is 12.6 Å². The van der Waals surface area contributed by atoms with E-state index in [0.29, 0.717) is 11.3 Å². The van der Waals surface area contributed by atoms with Crippen molar-refractivity contribution in [3.8, 4) is 0 Å². The minimum atomic E-state index is -1.33. The van der Waals surface area contributed by atoms with Gasteiger partial charge >= 0.3 is 0 Å². The van der Waals surface area contributed by atoms with E-state index in [4.69, 9.17) is 0 Å². The van der Waals surface area contributed by atoms with Crippen LogP contribution in [-0.4, -0.2) is 17.7 Å². The number of hydrogen-bond donors (Lipinski definition) is 1. The summed E-state index contributed by atoms with van der Waals surface area (Å²) < 4.78 is 14.4. The molecule has 0 aromatic rings. The first kappa shape index (κ1) is 18.2. The lowest BCUT2D eigenvalue weighted by molar-refractivity contribution is -0.135. The van der Waals surface area contributed by atoms with Crippen molar-refractivity contribution in [3.05, 3.63) is 34.3 Å². The Kier molecular flexibility index (Phi) is 3.81. The van der Waals surface area contributed by atoms with Crippen LogP contribution < -0.4 is 0 Å². The minimum Gasteiger partial charge on any atom is -0.296 e. The second-order valence-electron chi connectivity index (χ2n) is 9.25. The second-order valence-corrected chi connectivity index (χ2v) is 9.69. The van der Waals surface area contributed by atoms with Crippen LogP contribution >= 0.6 is 12.6 Å². The summed E-state index contributed by atoms with van der Waals surface area (Å²) in [6.07, 6.45) is 2.30. The molecular weight excluding hydrogens is 347 g/mol. The number of carbonyl (C=O) groups excluding carboxylic acids is 2. The number of carbonyl (C=O) groups is 2. The van der Waals surface area contributed by atoms with Crippen LogP contribution in [-0.2, 0) is 9.59 Å². The van der Waals surface area contributed by atoms with Crippen LogP contribution in [0.1, 0.15) is 47.0 Å². The molecule has 0 spiro atoms. The zero-order valence-electron chi connectivity index (χ0n) is 15.9. The molecule has 4 aliphatic carbocycles. The third kappa shape index (κ3) is 1.95. The van der Waals surface area contributed by atoms with Crippen LogP contribution in [0.15, 0.2) is 34.3 Å². The van der Waals surface area contributed by atoms with Crippen molar-refractivity contribution < 1.29 is 14.0 Å². The average Bonchev–Trinajstić information content (AvgIpc) is 2.81. The Morgan fingerprint density at radius 2 is 1.92 bits per heavy atom. The quantitative estimate of drug-likeness (QED) is 0.614. The van der Waals surface area contributed by atoms with E-state index in [2.05, 4.69) is 33.1 Å². The highest BCUT2D eigenvalue weighted by Crippen LogP contribution is 2.68. The number of allylic oxidation sites excluding steroid dienone is 5. The van der Waals surface area contributed by atoms with E-state index in [1.165, 1.54) is 0 Å². The lowest BCUT2D eigenvalue weighted by Crippen LogP contribution is -2.54. The average molecular weight is 375 g/mol. The van der Waals surface area contributed by atoms with Gasteiger partial charge in [0.25, 0.3) is 0 Å². The maximum absolute atomic E-state index is 14.4. The van der Waals surface area contributed by atoms with Gasteiger partial charge in [0, 0.05) is 10.8 Å². The summed E-state index contributed by atoms with van der Waals surface area (Å²) in [5.41, 5.74) is 2.10. The predicted octanol–water partition coefficient (Wildman–Crippen LogP) is 4.87. The first-order chi connectivity index (χ1) is 12.0. The SMILES string of the molecule is C=C1C2=C(S)C(=O)C=C(C)[C@]2(C)[C@H]2CC[C@]3(C)C(=O)[C@H](F)C[C@H]3[C@@H]2[C@@H]1C. The molecule has 0 amide bonds. The molecule has 0 N–H and O–H groups in total. The third-order valence-corrected chi connectivity index (χ3v) is 8.82. The largest absolute Gasteiger partial charge is 0.296 e. The number of hydrogen-bond acceptors (Lipinski definition) is 3. The number of halogens is 1. The fraction of sp³-hybridized carbons (Fsp3) is 0.636. The highest BCUT2D eigenvalue weighted by molar-refractivity contribution is 7.85. The molecule has 140 valence electrons. The maximum atomic E-state index is 14.4. The first-order valence-electron chi connectivity index (χ1n) is 9.59. The van der Waals surface area contributed by atoms with E-state index in [-0.39, 0.29) is 40.7 Å². The fourth-order valence-corrected chi connectivity index (χ4v) is 7.16. The minimum absolute atomic E-state index is 0.0441. The standard InChI is InChI=1S/C22H27FO2S/c1-10-8-16(24)19(26)18-12(3)11(2)17-13(22(10,18)5)6-7-21(4)14(17)9-15(23)20(21)25/h8,11,13-15,17,26H,3,6-7,9H2,1-2,4-5H3/t11-,13+,14+,15-,17-,21+,22-/m1/s1. The molecule has 0 saturated heterocycles. The number of Topliss-reactive ketones (excluding diaryl/α,β-unsaturated/α-hetero) is 1. The highest BCUT2D eigenvalue weighted by atomic mass is 32.1. The van der Waals surface area contributed by atoms with Crippen LogP contribution in [0.25, 0.3) is 0 Å². The Bertz CT molecular complexity index is 809. The molecule has 0 aliphatic heterocycles. The maximum Gasteiger partial charge on any atom is 0.192 e. The Labute approximate surface area is 160 Å². The van der Waals surface area contributed by atoms with Gasteiger partial charge < -0.3 is 0 Å². The summed E-state index contributed by atoms with van der Waals surface area (Å²) in [6.45, 7) is 12.7. The molecule has 26 heavy (non-hydrogen) atoms. The fourth-order valence-electron chi connectivity index (χ4n) is 6.72. The zero-order chi connectivity index (χ0) is 19.2. The van der Waals surface area contributed by atoms with Gasteiger partial charge in [-0.1, -0.05) is 32.9 Å². The van der Waals surface area contributed by atoms with Gasteiger partial charge in [-0.3, -0.25) is 9.59 Å². The Morgan fingerprint density at radius 3 is 2.58 bits per heavy atom. The topological polar surface area (TPSA) is 34.1 Å². The molecule has 3 fully saturated rings. The summed E-state index contributed by atoms with van der Waals surface area (Å²) >= 11 is 4.56. The van der Waals surface area contributed by atoms with Crippen molar-refractivity contribution in [1.29, 1.82) is 0 Å². The van der Waals surface area contributed by atoms with Crippen molar-refractivity contribution in [2.45, 2.75) is 53.1 Å². The molecule has 0 heterocycles. The molecular formula is C22H27FO2S. The van der Waals surface area contributed by atoms with E-state index < -0.39 is 11.6 Å². The Hall–Kier alpha value is -1.16. The van der Waals surface area contributed by atoms with E-state index in [9.17, 15) is 14.0 Å². The molecule has 7 atom stereocenters. The lowest BCUT2D eigenvalue weighted by Gasteiger charge is -2.60. The first-order valence-corrected chi connectivity index (χ1v) is 10.0. The predicted molar refractivity (Wildman–Crippen MR) is 104 cm³/mol. The smallest absolute Gasteiger partial charge is 0.192 e. The van der Waals surface area contributed by atoms with Gasteiger partial charge in [-0.05, 0) is 67.1 Å². The normalized spacial score (nSPS) is 48.2. The number of alkyl halides is 1. The van der Waals surface area contributed by atoms with Crippen molar-refractivity contribution in [1.82, 2.24) is 0 Å². The molecule has 3 saturated carbocycles. The van der Waals surface area contributed by atoms with E-state index >= 15 is 0 Å². The molecule has 0 bridgehead atoms. The Balaban J connectivity index is 1.89. The number of ketones is 2. The second kappa shape index (κ2) is 5.43. The molecule has 0 unspecified atom stereocenters. The number of rotatable bonds is 0. The van der Waals surface area contributed by atoms with E-state index in [1.54, 1.807) is 6.08 Å². The summed E-state index contributed by atoms with van der Waals surface area (Å²) in [5, 5.41) is 0. The lowest BCUT2D eigenvalue weighted by atomic mass is 9.44. The summed E-state index contributed by atoms with van der Waals surface area (Å²) in [4.78, 5) is 25.5. The molecule has 0 radical (unpaired) electrons. The van der Waals surface area contributed by atoms with Gasteiger partial charge in [0.2, 0.25) is 0 Å². The third-order valence-electron chi connectivity index (χ3n) is 8.38. The molecule has 4 heteroatoms. The van der Waals surface area contributed by atoms with Crippen molar-refractivity contribution in [3.63, 3.8) is 0 Å². The van der Waals surface area contributed by atoms with Crippen LogP contribution in [0.5, 0.6) is 0 Å². The molecule has 4 aliphatic rings. The van der Waals surface area contributed by atoms with Crippen LogP contribution in [0.4, 0.5) is 4.39 Å². The van der Waals surface area contributed by atoms with Crippen LogP contribution in [0.2, 0.25) is 0 Å². The summed E-state index contributed by atoms with van der Waals surface area (Å²) in [6, 6.07) is 0. The van der Waals surface area contributed by atoms with Gasteiger partial charge in [0.1, 0.15) is 0 Å². The van der Waals surface area contributed by atoms with Gasteiger partial charge in [-0.25, -0.2) is 4.39 Å². The summed E-state index contributed by atoms with van der Waals surface area (Å²) in [5.74, 6) is 0.393. The number of thiol groups is 1. The monoisotopic (exact) mass is 374 g/mol. The van der Waals surface area contributed by atoms with Crippen LogP contribution in [0.3, 0.4) is 0 Å². The van der Waals surface area contributed by atoms with Crippen molar-refractivity contribution in [2.75, 3.05) is 0 Å². The van der Waals surface area contributed by atoms with Crippen molar-refractivity contribution in [2.24, 2.45) is 34.5 Å². The molecule has 2 nitrogen and oxygen atoms in total. The highest BCUT2D eigenvalue weighted by Gasteiger charge is 2.64. The van der Waals surface area contributed by atoms with Crippen molar-refractivity contribution >= 4 is 24.2 Å². The van der Waals surface area contributed by atoms with Gasteiger partial charge in [0.05, 0.1) is 4.91 Å². The number of fused-ring (bicyclic) bond motifs is 5. The molecule has 0 aromatic carbocycles. The van der Waals surface area contributed by atoms with Gasteiger partial charge in [0.15, 0.2) is 17.7 Å². The van der Waals surface area contributed by atoms with E-state index in [0.717, 1.165) is 29.6 Å². The summed E-state index contributed by atoms with van der Waals surface area (Å²) in [7, 11) is 0. The van der Waals surface area contributed by atoms with Crippen LogP contribution in [0, 0.1) is 34.5 Å². The zero-order valence-corrected chi connectivity index (χ0v) is 16.8. The van der Waals surface area contributed by atoms with E-state index in [1.807, 2.05) is 13.8 Å².